The number of carbonyl (C=O) groups excluding carboxylic acids is 1. The van der Waals surface area contributed by atoms with Crippen LogP contribution < -0.4 is 4.74 Å². The Hall–Kier alpha value is -2.97. The van der Waals surface area contributed by atoms with Gasteiger partial charge in [-0.15, -0.1) is 22.7 Å². The van der Waals surface area contributed by atoms with Crippen molar-refractivity contribution in [1.82, 2.24) is 0 Å². The van der Waals surface area contributed by atoms with E-state index in [-0.39, 0.29) is 6.10 Å². The number of carbonyl (C=O) groups is 1. The lowest BCUT2D eigenvalue weighted by Crippen LogP contribution is -2.65. The van der Waals surface area contributed by atoms with Crippen molar-refractivity contribution in [3.63, 3.8) is 0 Å². The largest absolute Gasteiger partial charge is 0.493 e. The Morgan fingerprint density at radius 3 is 2.13 bits per heavy atom. The normalized spacial score (nSPS) is 22.5. The van der Waals surface area contributed by atoms with E-state index < -0.39 is 11.6 Å². The highest BCUT2D eigenvalue weighted by atomic mass is 32.1. The molecule has 2 aromatic heterocycles. The number of nitrogens with zero attached hydrogens (tertiary/aromatic N) is 1. The summed E-state index contributed by atoms with van der Waals surface area (Å²) in [4.78, 5) is 14.8. The Morgan fingerprint density at radius 2 is 1.51 bits per heavy atom. The maximum Gasteiger partial charge on any atom is 0.349 e. The van der Waals surface area contributed by atoms with E-state index in [4.69, 9.17) is 9.47 Å². The maximum atomic E-state index is 13.6. The van der Waals surface area contributed by atoms with Crippen molar-refractivity contribution in [3.05, 3.63) is 99.4 Å². The molecule has 5 nitrogen and oxygen atoms in total. The zero-order chi connectivity index (χ0) is 26.7. The maximum absolute atomic E-state index is 13.6. The predicted molar refractivity (Wildman–Crippen MR) is 156 cm³/mol. The van der Waals surface area contributed by atoms with E-state index in [1.165, 1.54) is 33.8 Å². The van der Waals surface area contributed by atoms with Crippen molar-refractivity contribution in [2.75, 3.05) is 32.8 Å². The molecule has 1 N–H and O–H groups in total. The van der Waals surface area contributed by atoms with Crippen molar-refractivity contribution in [2.24, 2.45) is 5.92 Å². The van der Waals surface area contributed by atoms with Crippen molar-refractivity contribution in [3.8, 4) is 16.9 Å². The monoisotopic (exact) mass is 560 g/mol. The summed E-state index contributed by atoms with van der Waals surface area (Å²) in [5, 5.41) is 15.4. The summed E-state index contributed by atoms with van der Waals surface area (Å²) in [5.74, 6) is 0.705. The second-order valence-corrected chi connectivity index (χ2v) is 12.6. The number of hydrogen-bond donors (Lipinski definition) is 1. The van der Waals surface area contributed by atoms with Gasteiger partial charge in [0.05, 0.1) is 36.0 Å². The smallest absolute Gasteiger partial charge is 0.349 e. The lowest BCUT2D eigenvalue weighted by atomic mass is 9.83. The molecule has 1 atom stereocenters. The highest BCUT2D eigenvalue weighted by Crippen LogP contribution is 2.40. The molecule has 3 aliphatic rings. The number of benzene rings is 2. The van der Waals surface area contributed by atoms with Crippen LogP contribution in [0.3, 0.4) is 0 Å². The van der Waals surface area contributed by atoms with Gasteiger partial charge in [-0.1, -0.05) is 54.6 Å². The number of quaternary nitrogens is 1. The number of fused-ring (bicyclic) bond motifs is 3. The van der Waals surface area contributed by atoms with Crippen molar-refractivity contribution in [2.45, 2.75) is 31.0 Å². The Labute approximate surface area is 237 Å². The molecule has 2 bridgehead atoms. The molecule has 3 aliphatic heterocycles. The molecule has 7 heteroatoms. The van der Waals surface area contributed by atoms with Crippen LogP contribution >= 0.6 is 22.7 Å². The van der Waals surface area contributed by atoms with Gasteiger partial charge in [-0.05, 0) is 46.2 Å². The SMILES string of the molecule is O=C(O[C@H]1C[N+]2(CCCOc3ccc(-c4ccccc4)cc3)CCC1CC2)C(O)(c1cccs1)c1cccs1. The molecule has 0 spiro atoms. The summed E-state index contributed by atoms with van der Waals surface area (Å²) in [6.45, 7) is 4.71. The van der Waals surface area contributed by atoms with E-state index >= 15 is 0 Å². The molecule has 0 saturated carbocycles. The van der Waals surface area contributed by atoms with Crippen LogP contribution in [0.25, 0.3) is 11.1 Å². The van der Waals surface area contributed by atoms with Gasteiger partial charge < -0.3 is 19.1 Å². The van der Waals surface area contributed by atoms with Gasteiger partial charge in [0.2, 0.25) is 5.60 Å². The summed E-state index contributed by atoms with van der Waals surface area (Å²) in [7, 11) is 0. The van der Waals surface area contributed by atoms with Crippen LogP contribution in [0, 0.1) is 5.92 Å². The zero-order valence-corrected chi connectivity index (χ0v) is 23.5. The van der Waals surface area contributed by atoms with Crippen LogP contribution in [0.1, 0.15) is 29.0 Å². The van der Waals surface area contributed by atoms with E-state index in [0.29, 0.717) is 22.3 Å². The van der Waals surface area contributed by atoms with Crippen molar-refractivity contribution in [1.29, 1.82) is 0 Å². The van der Waals surface area contributed by atoms with Crippen LogP contribution in [0.15, 0.2) is 89.6 Å². The van der Waals surface area contributed by atoms with E-state index in [9.17, 15) is 9.90 Å². The van der Waals surface area contributed by atoms with E-state index in [0.717, 1.165) is 55.7 Å². The fraction of sp³-hybridized carbons (Fsp3) is 0.344. The van der Waals surface area contributed by atoms with E-state index in [1.54, 1.807) is 0 Å². The molecule has 0 aliphatic carbocycles. The quantitative estimate of drug-likeness (QED) is 0.140. The molecular weight excluding hydrogens is 526 g/mol. The molecule has 0 radical (unpaired) electrons. The van der Waals surface area contributed by atoms with Crippen LogP contribution in [-0.2, 0) is 15.1 Å². The van der Waals surface area contributed by atoms with Crippen molar-refractivity contribution < 1.29 is 23.9 Å². The molecule has 7 rings (SSSR count). The van der Waals surface area contributed by atoms with Gasteiger partial charge in [0.1, 0.15) is 12.3 Å². The first-order chi connectivity index (χ1) is 19.1. The minimum absolute atomic E-state index is 0.169. The number of rotatable bonds is 10. The Kier molecular flexibility index (Phi) is 7.58. The summed E-state index contributed by atoms with van der Waals surface area (Å²) in [6.07, 6.45) is 2.88. The van der Waals surface area contributed by atoms with Gasteiger partial charge in [-0.3, -0.25) is 0 Å². The van der Waals surface area contributed by atoms with Gasteiger partial charge in [0, 0.05) is 25.2 Å². The highest BCUT2D eigenvalue weighted by Gasteiger charge is 2.51. The number of esters is 1. The number of ether oxygens (including phenoxy) is 2. The Bertz CT molecular complexity index is 1310. The summed E-state index contributed by atoms with van der Waals surface area (Å²) >= 11 is 2.76. The summed E-state index contributed by atoms with van der Waals surface area (Å²) < 4.78 is 13.2. The molecule has 0 amide bonds. The van der Waals surface area contributed by atoms with Crippen molar-refractivity contribution >= 4 is 28.6 Å². The van der Waals surface area contributed by atoms with Crippen LogP contribution in [-0.4, -0.2) is 54.4 Å². The van der Waals surface area contributed by atoms with Gasteiger partial charge >= 0.3 is 5.97 Å². The number of aliphatic hydroxyl groups is 1. The van der Waals surface area contributed by atoms with Crippen LogP contribution in [0.4, 0.5) is 0 Å². The second kappa shape index (κ2) is 11.3. The van der Waals surface area contributed by atoms with Gasteiger partial charge in [-0.2, -0.15) is 0 Å². The minimum atomic E-state index is -1.75. The van der Waals surface area contributed by atoms with Crippen LogP contribution in [0.5, 0.6) is 5.75 Å². The first-order valence-corrected chi connectivity index (χ1v) is 15.5. The molecule has 5 heterocycles. The lowest BCUT2D eigenvalue weighted by Gasteiger charge is -2.52. The molecule has 2 aromatic carbocycles. The first-order valence-electron chi connectivity index (χ1n) is 13.7. The lowest BCUT2D eigenvalue weighted by molar-refractivity contribution is -0.946. The van der Waals surface area contributed by atoms with Crippen LogP contribution in [0.2, 0.25) is 0 Å². The minimum Gasteiger partial charge on any atom is -0.493 e. The highest BCUT2D eigenvalue weighted by molar-refractivity contribution is 7.12. The summed E-state index contributed by atoms with van der Waals surface area (Å²) in [5.41, 5.74) is 0.638. The molecule has 39 heavy (non-hydrogen) atoms. The fourth-order valence-corrected chi connectivity index (χ4v) is 7.86. The molecule has 202 valence electrons. The molecular formula is C32H34NO4S2+. The van der Waals surface area contributed by atoms with Gasteiger partial charge in [0.15, 0.2) is 6.10 Å². The predicted octanol–water partition coefficient (Wildman–Crippen LogP) is 6.33. The third-order valence-electron chi connectivity index (χ3n) is 8.36. The van der Waals surface area contributed by atoms with Gasteiger partial charge in [0.25, 0.3) is 0 Å². The zero-order valence-electron chi connectivity index (χ0n) is 21.9. The third kappa shape index (κ3) is 5.41. The average Bonchev–Trinajstić information content (AvgIpc) is 3.72. The number of thiophene rings is 2. The number of hydrogen-bond acceptors (Lipinski definition) is 6. The molecule has 0 unspecified atom stereocenters. The number of piperidine rings is 3. The fourth-order valence-electron chi connectivity index (χ4n) is 6.15. The molecule has 4 aromatic rings. The summed E-state index contributed by atoms with van der Waals surface area (Å²) in [6, 6.07) is 26.0. The Balaban J connectivity index is 1.05. The first kappa shape index (κ1) is 26.3. The molecule has 3 fully saturated rings. The third-order valence-corrected chi connectivity index (χ3v) is 10.3. The molecule has 3 saturated heterocycles. The van der Waals surface area contributed by atoms with E-state index in [1.807, 2.05) is 53.2 Å². The van der Waals surface area contributed by atoms with E-state index in [2.05, 4.69) is 36.4 Å². The second-order valence-electron chi connectivity index (χ2n) is 10.7. The Morgan fingerprint density at radius 1 is 0.872 bits per heavy atom. The standard InChI is InChI=1S/C32H34NO4S2/c34-31(32(35,29-9-4-21-38-29)30-10-5-22-39-30)37-28-23-33(18-15-26(28)16-19-33)17-6-20-36-27-13-11-25(12-14-27)24-7-2-1-3-8-24/h1-5,7-14,21-22,26,28,35H,6,15-20,23H2/q+1/t26?,28-,33?/m0/s1. The van der Waals surface area contributed by atoms with Gasteiger partial charge in [-0.25, -0.2) is 4.79 Å². The average molecular weight is 561 g/mol. The topological polar surface area (TPSA) is 55.8 Å².